The Morgan fingerprint density at radius 1 is 1.35 bits per heavy atom. The van der Waals surface area contributed by atoms with E-state index in [1.54, 1.807) is 0 Å². The average molecular weight is 325 g/mol. The van der Waals surface area contributed by atoms with Crippen LogP contribution in [0.1, 0.15) is 21.5 Å². The van der Waals surface area contributed by atoms with Crippen LogP contribution in [0.25, 0.3) is 0 Å². The Balaban J connectivity index is 2.16. The lowest BCUT2D eigenvalue weighted by atomic mass is 10.1. The summed E-state index contributed by atoms with van der Waals surface area (Å²) in [5.41, 5.74) is 6.41. The first-order chi connectivity index (χ1) is 9.27. The predicted octanol–water partition coefficient (Wildman–Crippen LogP) is 4.20. The molecule has 0 saturated carbocycles. The molecule has 2 nitrogen and oxygen atoms in total. The van der Waals surface area contributed by atoms with Crippen LogP contribution in [-0.2, 0) is 12.6 Å². The average Bonchev–Trinajstić information content (AvgIpc) is 2.82. The number of thiazole rings is 1. The quantitative estimate of drug-likeness (QED) is 0.859. The smallest absolute Gasteiger partial charge is 0.323 e. The van der Waals surface area contributed by atoms with E-state index in [1.807, 2.05) is 0 Å². The van der Waals surface area contributed by atoms with E-state index in [0.717, 1.165) is 12.3 Å². The van der Waals surface area contributed by atoms with Crippen molar-refractivity contribution < 1.29 is 17.6 Å². The third-order valence-electron chi connectivity index (χ3n) is 2.59. The van der Waals surface area contributed by atoms with Crippen molar-refractivity contribution in [2.24, 2.45) is 5.73 Å². The Morgan fingerprint density at radius 2 is 2.05 bits per heavy atom. The highest BCUT2D eigenvalue weighted by Crippen LogP contribution is 2.34. The number of alkyl halides is 3. The lowest BCUT2D eigenvalue weighted by Crippen LogP contribution is -2.12. The molecule has 108 valence electrons. The van der Waals surface area contributed by atoms with Crippen LogP contribution in [0.15, 0.2) is 24.4 Å². The molecule has 8 heteroatoms. The minimum absolute atomic E-state index is 0.195. The third kappa shape index (κ3) is 3.47. The van der Waals surface area contributed by atoms with Gasteiger partial charge in [0.25, 0.3) is 0 Å². The molecule has 0 fully saturated rings. The Kier molecular flexibility index (Phi) is 4.31. The monoisotopic (exact) mass is 324 g/mol. The molecule has 0 aliphatic carbocycles. The second kappa shape index (κ2) is 5.67. The van der Waals surface area contributed by atoms with Gasteiger partial charge in [0.2, 0.25) is 0 Å². The summed E-state index contributed by atoms with van der Waals surface area (Å²) in [4.78, 5) is 3.61. The summed E-state index contributed by atoms with van der Waals surface area (Å²) in [6, 6.07) is 3.15. The number of halogens is 5. The number of hydrogen-bond acceptors (Lipinski definition) is 3. The van der Waals surface area contributed by atoms with Gasteiger partial charge in [0.05, 0.1) is 0 Å². The number of rotatable bonds is 3. The van der Waals surface area contributed by atoms with Gasteiger partial charge in [-0.1, -0.05) is 17.7 Å². The highest BCUT2D eigenvalue weighted by molar-refractivity contribution is 7.11. The van der Waals surface area contributed by atoms with Crippen LogP contribution < -0.4 is 5.73 Å². The van der Waals surface area contributed by atoms with Crippen molar-refractivity contribution in [2.45, 2.75) is 18.6 Å². The van der Waals surface area contributed by atoms with Crippen molar-refractivity contribution in [2.75, 3.05) is 0 Å². The molecule has 0 bridgehead atoms. The third-order valence-corrected chi connectivity index (χ3v) is 4.11. The Labute approximate surface area is 121 Å². The SMILES string of the molecule is NC(Cc1ccc(F)cc1Cl)c1cnc(C(F)(F)F)s1. The second-order valence-corrected chi connectivity index (χ2v) is 5.58. The number of hydrogen-bond donors (Lipinski definition) is 1. The van der Waals surface area contributed by atoms with Crippen molar-refractivity contribution in [1.29, 1.82) is 0 Å². The Morgan fingerprint density at radius 3 is 2.60 bits per heavy atom. The van der Waals surface area contributed by atoms with E-state index in [9.17, 15) is 17.6 Å². The van der Waals surface area contributed by atoms with Gasteiger partial charge in [-0.25, -0.2) is 9.37 Å². The molecule has 0 aliphatic rings. The van der Waals surface area contributed by atoms with Crippen molar-refractivity contribution in [3.63, 3.8) is 0 Å². The van der Waals surface area contributed by atoms with Crippen LogP contribution in [-0.4, -0.2) is 4.98 Å². The molecule has 1 aromatic carbocycles. The zero-order chi connectivity index (χ0) is 14.9. The second-order valence-electron chi connectivity index (χ2n) is 4.11. The minimum Gasteiger partial charge on any atom is -0.323 e. The molecule has 1 unspecified atom stereocenters. The van der Waals surface area contributed by atoms with Gasteiger partial charge < -0.3 is 5.73 Å². The van der Waals surface area contributed by atoms with Gasteiger partial charge in [0, 0.05) is 22.1 Å². The molecular weight excluding hydrogens is 316 g/mol. The summed E-state index contributed by atoms with van der Waals surface area (Å²) in [6.45, 7) is 0. The highest BCUT2D eigenvalue weighted by atomic mass is 35.5. The fraction of sp³-hybridized carbons (Fsp3) is 0.250. The zero-order valence-electron chi connectivity index (χ0n) is 9.92. The van der Waals surface area contributed by atoms with Crippen molar-refractivity contribution in [3.8, 4) is 0 Å². The fourth-order valence-corrected chi connectivity index (χ4v) is 2.64. The van der Waals surface area contributed by atoms with Crippen LogP contribution in [0.5, 0.6) is 0 Å². The van der Waals surface area contributed by atoms with E-state index in [4.69, 9.17) is 17.3 Å². The molecular formula is C12H9ClF4N2S. The largest absolute Gasteiger partial charge is 0.443 e. The van der Waals surface area contributed by atoms with Gasteiger partial charge in [-0.2, -0.15) is 13.2 Å². The fourth-order valence-electron chi connectivity index (χ4n) is 1.61. The molecule has 2 rings (SSSR count). The minimum atomic E-state index is -4.48. The van der Waals surface area contributed by atoms with Crippen LogP contribution in [0.2, 0.25) is 5.02 Å². The molecule has 1 atom stereocenters. The molecule has 0 radical (unpaired) electrons. The Bertz CT molecular complexity index is 612. The lowest BCUT2D eigenvalue weighted by molar-refractivity contribution is -0.137. The standard InChI is InChI=1S/C12H9ClF4N2S/c13-8-4-7(14)2-1-6(8)3-9(18)10-5-19-11(20-10)12(15,16)17/h1-2,4-5,9H,3,18H2. The summed E-state index contributed by atoms with van der Waals surface area (Å²) in [5.74, 6) is -0.482. The summed E-state index contributed by atoms with van der Waals surface area (Å²) in [7, 11) is 0. The van der Waals surface area contributed by atoms with Crippen molar-refractivity contribution in [3.05, 3.63) is 50.7 Å². The number of nitrogens with zero attached hydrogens (tertiary/aromatic N) is 1. The maximum atomic E-state index is 12.9. The summed E-state index contributed by atoms with van der Waals surface area (Å²) < 4.78 is 50.2. The summed E-state index contributed by atoms with van der Waals surface area (Å²) in [5, 5.41) is -0.742. The van der Waals surface area contributed by atoms with Crippen LogP contribution in [0.4, 0.5) is 17.6 Å². The molecule has 0 spiro atoms. The predicted molar refractivity (Wildman–Crippen MR) is 69.2 cm³/mol. The van der Waals surface area contributed by atoms with E-state index < -0.39 is 23.0 Å². The highest BCUT2D eigenvalue weighted by Gasteiger charge is 2.35. The van der Waals surface area contributed by atoms with Crippen LogP contribution >= 0.6 is 22.9 Å². The summed E-state index contributed by atoms with van der Waals surface area (Å²) in [6.07, 6.45) is -3.16. The Hall–Kier alpha value is -1.18. The van der Waals surface area contributed by atoms with Crippen LogP contribution in [0.3, 0.4) is 0 Å². The molecule has 0 amide bonds. The van der Waals surface area contributed by atoms with Gasteiger partial charge in [0.15, 0.2) is 5.01 Å². The molecule has 2 N–H and O–H groups in total. The molecule has 1 aromatic heterocycles. The van der Waals surface area contributed by atoms with Crippen molar-refractivity contribution in [1.82, 2.24) is 4.98 Å². The normalized spacial score (nSPS) is 13.5. The molecule has 0 saturated heterocycles. The first kappa shape index (κ1) is 15.2. The van der Waals surface area contributed by atoms with Gasteiger partial charge in [-0.05, 0) is 24.1 Å². The van der Waals surface area contributed by atoms with Gasteiger partial charge in [-0.3, -0.25) is 0 Å². The van der Waals surface area contributed by atoms with Crippen LogP contribution in [0, 0.1) is 5.82 Å². The van der Waals surface area contributed by atoms with E-state index in [0.29, 0.717) is 21.8 Å². The van der Waals surface area contributed by atoms with E-state index in [-0.39, 0.29) is 11.4 Å². The van der Waals surface area contributed by atoms with Crippen molar-refractivity contribution >= 4 is 22.9 Å². The van der Waals surface area contributed by atoms with Gasteiger partial charge in [0.1, 0.15) is 5.82 Å². The molecule has 20 heavy (non-hydrogen) atoms. The van der Waals surface area contributed by atoms with E-state index in [2.05, 4.69) is 4.98 Å². The lowest BCUT2D eigenvalue weighted by Gasteiger charge is -2.10. The van der Waals surface area contributed by atoms with E-state index in [1.165, 1.54) is 12.1 Å². The maximum absolute atomic E-state index is 12.9. The molecule has 1 heterocycles. The first-order valence-electron chi connectivity index (χ1n) is 5.50. The topological polar surface area (TPSA) is 38.9 Å². The molecule has 2 aromatic rings. The number of benzene rings is 1. The van der Waals surface area contributed by atoms with E-state index >= 15 is 0 Å². The zero-order valence-corrected chi connectivity index (χ0v) is 11.5. The maximum Gasteiger partial charge on any atom is 0.443 e. The summed E-state index contributed by atoms with van der Waals surface area (Å²) >= 11 is 6.35. The number of aromatic nitrogens is 1. The molecule has 0 aliphatic heterocycles. The first-order valence-corrected chi connectivity index (χ1v) is 6.69. The number of nitrogens with two attached hydrogens (primary N) is 1. The van der Waals surface area contributed by atoms with Gasteiger partial charge >= 0.3 is 6.18 Å². The van der Waals surface area contributed by atoms with Gasteiger partial charge in [-0.15, -0.1) is 11.3 Å².